The fourth-order valence-electron chi connectivity index (χ4n) is 5.02. The van der Waals surface area contributed by atoms with Crippen molar-refractivity contribution in [3.05, 3.63) is 160 Å². The Hall–Kier alpha value is -4.98. The van der Waals surface area contributed by atoms with Crippen molar-refractivity contribution < 1.29 is 24.1 Å². The summed E-state index contributed by atoms with van der Waals surface area (Å²) in [4.78, 5) is 12.2. The molecule has 0 saturated heterocycles. The number of carbonyl (C=O) groups excluding carboxylic acids is 1. The Morgan fingerprint density at radius 3 is 2.00 bits per heavy atom. The van der Waals surface area contributed by atoms with E-state index in [1.165, 1.54) is 0 Å². The van der Waals surface area contributed by atoms with Crippen LogP contribution in [0.4, 0.5) is 10.5 Å². The van der Waals surface area contributed by atoms with Crippen LogP contribution in [-0.2, 0) is 31.0 Å². The topological polar surface area (TPSA) is 89.1 Å². The second kappa shape index (κ2) is 16.2. The number of anilines is 1. The number of benzene rings is 5. The van der Waals surface area contributed by atoms with Crippen LogP contribution in [0.3, 0.4) is 0 Å². The molecule has 248 valence electrons. The Labute approximate surface area is 287 Å². The molecule has 1 atom stereocenters. The normalized spacial score (nSPS) is 11.8. The van der Waals surface area contributed by atoms with Gasteiger partial charge < -0.3 is 30.0 Å². The van der Waals surface area contributed by atoms with Crippen molar-refractivity contribution in [2.75, 3.05) is 5.32 Å². The van der Waals surface area contributed by atoms with Crippen LogP contribution in [0, 0.1) is 0 Å². The summed E-state index contributed by atoms with van der Waals surface area (Å²) in [7, 11) is 0. The molecule has 0 aliphatic carbocycles. The predicted octanol–water partition coefficient (Wildman–Crippen LogP) is 9.22. The molecule has 0 aliphatic heterocycles. The zero-order valence-electron chi connectivity index (χ0n) is 27.4. The lowest BCUT2D eigenvalue weighted by atomic mass is 9.98. The van der Waals surface area contributed by atoms with Crippen molar-refractivity contribution in [1.82, 2.24) is 5.32 Å². The average molecular weight is 665 g/mol. The molecule has 0 heterocycles. The van der Waals surface area contributed by atoms with E-state index < -0.39 is 17.8 Å². The van der Waals surface area contributed by atoms with Crippen molar-refractivity contribution in [1.29, 1.82) is 0 Å². The van der Waals surface area contributed by atoms with Gasteiger partial charge in [-0.2, -0.15) is 0 Å². The van der Waals surface area contributed by atoms with Crippen molar-refractivity contribution in [3.63, 3.8) is 0 Å². The summed E-state index contributed by atoms with van der Waals surface area (Å²) < 4.78 is 17.8. The minimum atomic E-state index is -0.966. The van der Waals surface area contributed by atoms with E-state index in [1.807, 2.05) is 130 Å². The maximum Gasteiger partial charge on any atom is 0.407 e. The number of hydrogen-bond acceptors (Lipinski definition) is 6. The summed E-state index contributed by atoms with van der Waals surface area (Å²) in [6.07, 6.45) is -1.47. The number of alkyl carbamates (subject to hydrolysis) is 1. The number of carbonyl (C=O) groups is 1. The highest BCUT2D eigenvalue weighted by atomic mass is 35.5. The molecule has 3 N–H and O–H groups in total. The van der Waals surface area contributed by atoms with Crippen LogP contribution in [0.5, 0.6) is 11.5 Å². The first-order valence-corrected chi connectivity index (χ1v) is 16.2. The van der Waals surface area contributed by atoms with E-state index in [0.717, 1.165) is 27.9 Å². The minimum Gasteiger partial charge on any atom is -0.485 e. The minimum absolute atomic E-state index is 0.260. The maximum atomic E-state index is 12.2. The third-order valence-corrected chi connectivity index (χ3v) is 7.61. The fraction of sp³-hybridized carbons (Fsp3) is 0.225. The van der Waals surface area contributed by atoms with Gasteiger partial charge in [-0.15, -0.1) is 0 Å². The lowest BCUT2D eigenvalue weighted by molar-refractivity contribution is 0.0523. The summed E-state index contributed by atoms with van der Waals surface area (Å²) >= 11 is 6.40. The predicted molar refractivity (Wildman–Crippen MR) is 190 cm³/mol. The van der Waals surface area contributed by atoms with Crippen LogP contribution in [0.2, 0.25) is 5.02 Å². The van der Waals surface area contributed by atoms with Gasteiger partial charge in [-0.1, -0.05) is 103 Å². The molecule has 0 bridgehead atoms. The Kier molecular flexibility index (Phi) is 11.6. The molecule has 48 heavy (non-hydrogen) atoms. The van der Waals surface area contributed by atoms with Gasteiger partial charge in [0.25, 0.3) is 0 Å². The molecular formula is C40H41ClN2O5. The van der Waals surface area contributed by atoms with Gasteiger partial charge >= 0.3 is 6.09 Å². The standard InChI is InChI=1S/C40H41ClN2O5/c1-40(2,3)48-39(45)43-25-30-15-10-16-32(21-30)38(44)34-23-33(41)18-19-35(34)42-24-31-17-20-36(46-26-28-11-6-4-7-12-28)37(22-31)47-27-29-13-8-5-9-14-29/h4-23,38,42,44H,24-27H2,1-3H3,(H,43,45). The molecule has 8 heteroatoms. The molecule has 5 aromatic rings. The number of halogens is 1. The summed E-state index contributed by atoms with van der Waals surface area (Å²) in [6, 6.07) is 38.8. The SMILES string of the molecule is CC(C)(C)OC(=O)NCc1cccc(C(O)c2cc(Cl)ccc2NCc2ccc(OCc3ccccc3)c(OCc3ccccc3)c2)c1. The van der Waals surface area contributed by atoms with Gasteiger partial charge in [-0.3, -0.25) is 0 Å². The van der Waals surface area contributed by atoms with Gasteiger partial charge in [-0.05, 0) is 78.9 Å². The molecule has 5 aromatic carbocycles. The van der Waals surface area contributed by atoms with Crippen LogP contribution in [0.25, 0.3) is 0 Å². The summed E-state index contributed by atoms with van der Waals surface area (Å²) in [5.41, 5.74) is 5.36. The van der Waals surface area contributed by atoms with Gasteiger partial charge in [0.2, 0.25) is 0 Å². The summed E-state index contributed by atoms with van der Waals surface area (Å²) in [5.74, 6) is 1.30. The third-order valence-electron chi connectivity index (χ3n) is 7.38. The smallest absolute Gasteiger partial charge is 0.407 e. The fourth-order valence-corrected chi connectivity index (χ4v) is 5.20. The first-order chi connectivity index (χ1) is 23.1. The van der Waals surface area contributed by atoms with Gasteiger partial charge in [0, 0.05) is 29.4 Å². The van der Waals surface area contributed by atoms with Crippen LogP contribution in [-0.4, -0.2) is 16.8 Å². The highest BCUT2D eigenvalue weighted by Crippen LogP contribution is 2.33. The molecule has 5 rings (SSSR count). The quantitative estimate of drug-likeness (QED) is 0.116. The van der Waals surface area contributed by atoms with E-state index in [-0.39, 0.29) is 6.54 Å². The average Bonchev–Trinajstić information content (AvgIpc) is 3.08. The molecule has 0 saturated carbocycles. The molecule has 7 nitrogen and oxygen atoms in total. The Morgan fingerprint density at radius 2 is 1.33 bits per heavy atom. The van der Waals surface area contributed by atoms with Gasteiger partial charge in [0.15, 0.2) is 11.5 Å². The molecule has 0 spiro atoms. The molecule has 0 radical (unpaired) electrons. The number of hydrogen-bond donors (Lipinski definition) is 3. The summed E-state index contributed by atoms with van der Waals surface area (Å²) in [6.45, 7) is 6.99. The maximum absolute atomic E-state index is 12.2. The molecule has 0 fully saturated rings. The van der Waals surface area contributed by atoms with Gasteiger partial charge in [0.05, 0.1) is 0 Å². The molecule has 0 aromatic heterocycles. The lowest BCUT2D eigenvalue weighted by Crippen LogP contribution is -2.32. The molecular weight excluding hydrogens is 624 g/mol. The van der Waals surface area contributed by atoms with Crippen LogP contribution in [0.1, 0.15) is 60.3 Å². The van der Waals surface area contributed by atoms with E-state index in [1.54, 1.807) is 12.1 Å². The second-order valence-electron chi connectivity index (χ2n) is 12.4. The Balaban J connectivity index is 1.30. The van der Waals surface area contributed by atoms with Gasteiger partial charge in [-0.25, -0.2) is 4.79 Å². The van der Waals surface area contributed by atoms with Crippen molar-refractivity contribution in [2.24, 2.45) is 0 Å². The first-order valence-electron chi connectivity index (χ1n) is 15.9. The number of rotatable bonds is 13. The van der Waals surface area contributed by atoms with Crippen LogP contribution in [0.15, 0.2) is 121 Å². The Morgan fingerprint density at radius 1 is 0.708 bits per heavy atom. The van der Waals surface area contributed by atoms with E-state index in [9.17, 15) is 9.90 Å². The number of ether oxygens (including phenoxy) is 3. The number of nitrogens with one attached hydrogen (secondary N) is 2. The molecule has 0 aliphatic rings. The zero-order chi connectivity index (χ0) is 33.9. The van der Waals surface area contributed by atoms with Crippen LogP contribution < -0.4 is 20.1 Å². The van der Waals surface area contributed by atoms with E-state index in [4.69, 9.17) is 25.8 Å². The number of aliphatic hydroxyl groups is 1. The van der Waals surface area contributed by atoms with Crippen molar-refractivity contribution in [2.45, 2.75) is 58.8 Å². The second-order valence-corrected chi connectivity index (χ2v) is 12.9. The highest BCUT2D eigenvalue weighted by molar-refractivity contribution is 6.30. The lowest BCUT2D eigenvalue weighted by Gasteiger charge is -2.20. The summed E-state index contributed by atoms with van der Waals surface area (Å²) in [5, 5.41) is 18.3. The van der Waals surface area contributed by atoms with E-state index >= 15 is 0 Å². The number of aliphatic hydroxyl groups excluding tert-OH is 1. The molecule has 1 amide bonds. The van der Waals surface area contributed by atoms with Gasteiger partial charge in [0.1, 0.15) is 24.9 Å². The Bertz CT molecular complexity index is 1790. The van der Waals surface area contributed by atoms with E-state index in [0.29, 0.717) is 47.4 Å². The monoisotopic (exact) mass is 664 g/mol. The first kappa shape index (κ1) is 34.4. The third kappa shape index (κ3) is 10.3. The number of amides is 1. The van der Waals surface area contributed by atoms with Crippen LogP contribution >= 0.6 is 11.6 Å². The van der Waals surface area contributed by atoms with E-state index in [2.05, 4.69) is 10.6 Å². The largest absolute Gasteiger partial charge is 0.485 e. The zero-order valence-corrected chi connectivity index (χ0v) is 28.2. The highest BCUT2D eigenvalue weighted by Gasteiger charge is 2.18. The molecule has 1 unspecified atom stereocenters. The van der Waals surface area contributed by atoms with Crippen molar-refractivity contribution >= 4 is 23.4 Å². The van der Waals surface area contributed by atoms with Crippen molar-refractivity contribution in [3.8, 4) is 11.5 Å².